The second kappa shape index (κ2) is 7.48. The molecule has 1 amide bonds. The Morgan fingerprint density at radius 3 is 2.84 bits per heavy atom. The minimum absolute atomic E-state index is 0.358. The number of amides is 1. The van der Waals surface area contributed by atoms with Crippen molar-refractivity contribution in [3.63, 3.8) is 0 Å². The molecule has 0 radical (unpaired) electrons. The first-order chi connectivity index (χ1) is 9.12. The molecule has 0 aliphatic rings. The van der Waals surface area contributed by atoms with Crippen LogP contribution in [0.25, 0.3) is 0 Å². The molecule has 0 aliphatic heterocycles. The van der Waals surface area contributed by atoms with Crippen LogP contribution in [0.3, 0.4) is 0 Å². The smallest absolute Gasteiger partial charge is 0.407 e. The lowest BCUT2D eigenvalue weighted by atomic mass is 10.1. The Hall–Kier alpha value is -1.94. The van der Waals surface area contributed by atoms with Crippen molar-refractivity contribution in [3.05, 3.63) is 54.1 Å². The zero-order chi connectivity index (χ0) is 14.3. The Morgan fingerprint density at radius 2 is 2.26 bits per heavy atom. The standard InChI is InChI=1S/C14H16ClNO3/c1-4-8-19-13-7-6-10(15)9-11(13)12(5-2)16-14(17)18-3/h4-7,9,12H,1-2,8H2,3H3,(H,16,17). The van der Waals surface area contributed by atoms with E-state index in [1.54, 1.807) is 30.4 Å². The van der Waals surface area contributed by atoms with E-state index in [1.807, 2.05) is 0 Å². The molecule has 0 spiro atoms. The number of carbonyl (C=O) groups excluding carboxylic acids is 1. The van der Waals surface area contributed by atoms with Gasteiger partial charge >= 0.3 is 6.09 Å². The predicted octanol–water partition coefficient (Wildman–Crippen LogP) is 3.49. The Labute approximate surface area is 117 Å². The zero-order valence-electron chi connectivity index (χ0n) is 10.7. The van der Waals surface area contributed by atoms with Crippen LogP contribution in [-0.2, 0) is 4.74 Å². The van der Waals surface area contributed by atoms with Gasteiger partial charge in [-0.2, -0.15) is 0 Å². The summed E-state index contributed by atoms with van der Waals surface area (Å²) < 4.78 is 10.1. The first-order valence-corrected chi connectivity index (χ1v) is 6.00. The lowest BCUT2D eigenvalue weighted by molar-refractivity contribution is 0.168. The first-order valence-electron chi connectivity index (χ1n) is 5.62. The first kappa shape index (κ1) is 15.1. The summed E-state index contributed by atoms with van der Waals surface area (Å²) in [6.45, 7) is 7.63. The molecule has 1 aromatic carbocycles. The van der Waals surface area contributed by atoms with Crippen LogP contribution in [-0.4, -0.2) is 19.8 Å². The van der Waals surface area contributed by atoms with Crippen molar-refractivity contribution >= 4 is 17.7 Å². The summed E-state index contributed by atoms with van der Waals surface area (Å²) in [6, 6.07) is 4.70. The molecule has 0 aliphatic carbocycles. The minimum Gasteiger partial charge on any atom is -0.489 e. The molecule has 1 aromatic rings. The summed E-state index contributed by atoms with van der Waals surface area (Å²) in [4.78, 5) is 11.3. The molecule has 1 unspecified atom stereocenters. The molecule has 0 aromatic heterocycles. The van der Waals surface area contributed by atoms with Gasteiger partial charge in [-0.3, -0.25) is 0 Å². The van der Waals surface area contributed by atoms with Crippen LogP contribution in [0.4, 0.5) is 4.79 Å². The van der Waals surface area contributed by atoms with Crippen molar-refractivity contribution in [1.29, 1.82) is 0 Å². The van der Waals surface area contributed by atoms with Crippen molar-refractivity contribution in [2.75, 3.05) is 13.7 Å². The quantitative estimate of drug-likeness (QED) is 0.812. The maximum absolute atomic E-state index is 11.3. The molecule has 5 heteroatoms. The van der Waals surface area contributed by atoms with Crippen molar-refractivity contribution < 1.29 is 14.3 Å². The fourth-order valence-corrected chi connectivity index (χ4v) is 1.67. The SMILES string of the molecule is C=CCOc1ccc(Cl)cc1C(C=C)NC(=O)OC. The van der Waals surface area contributed by atoms with Crippen LogP contribution in [0.15, 0.2) is 43.5 Å². The number of nitrogens with one attached hydrogen (secondary N) is 1. The second-order valence-corrected chi connectivity index (χ2v) is 4.07. The summed E-state index contributed by atoms with van der Waals surface area (Å²) in [5, 5.41) is 3.17. The van der Waals surface area contributed by atoms with Crippen molar-refractivity contribution in [2.45, 2.75) is 6.04 Å². The minimum atomic E-state index is -0.556. The highest BCUT2D eigenvalue weighted by Gasteiger charge is 2.16. The molecule has 0 saturated carbocycles. The van der Waals surface area contributed by atoms with E-state index in [4.69, 9.17) is 16.3 Å². The van der Waals surface area contributed by atoms with E-state index in [0.29, 0.717) is 22.9 Å². The summed E-state index contributed by atoms with van der Waals surface area (Å²) in [5.41, 5.74) is 0.703. The Kier molecular flexibility index (Phi) is 5.96. The van der Waals surface area contributed by atoms with Gasteiger partial charge in [0.15, 0.2) is 0 Å². The van der Waals surface area contributed by atoms with Crippen LogP contribution in [0.5, 0.6) is 5.75 Å². The molecule has 4 nitrogen and oxygen atoms in total. The van der Waals surface area contributed by atoms with Gasteiger partial charge in [-0.05, 0) is 18.2 Å². The van der Waals surface area contributed by atoms with Gasteiger partial charge in [-0.15, -0.1) is 6.58 Å². The van der Waals surface area contributed by atoms with Crippen LogP contribution in [0.1, 0.15) is 11.6 Å². The highest BCUT2D eigenvalue weighted by atomic mass is 35.5. The summed E-state index contributed by atoms with van der Waals surface area (Å²) in [5.74, 6) is 0.602. The van der Waals surface area contributed by atoms with E-state index in [0.717, 1.165) is 0 Å². The molecule has 1 atom stereocenters. The monoisotopic (exact) mass is 281 g/mol. The molecule has 0 fully saturated rings. The van der Waals surface area contributed by atoms with Gasteiger partial charge in [0.25, 0.3) is 0 Å². The maximum atomic E-state index is 11.3. The number of halogens is 1. The normalized spacial score (nSPS) is 11.3. The van der Waals surface area contributed by atoms with Gasteiger partial charge < -0.3 is 14.8 Å². The summed E-state index contributed by atoms with van der Waals surface area (Å²) >= 11 is 5.97. The number of alkyl carbamates (subject to hydrolysis) is 1. The van der Waals surface area contributed by atoms with Crippen molar-refractivity contribution in [1.82, 2.24) is 5.32 Å². The van der Waals surface area contributed by atoms with E-state index in [9.17, 15) is 4.79 Å². The number of hydrogen-bond donors (Lipinski definition) is 1. The zero-order valence-corrected chi connectivity index (χ0v) is 11.4. The highest BCUT2D eigenvalue weighted by molar-refractivity contribution is 6.30. The second-order valence-electron chi connectivity index (χ2n) is 3.63. The highest BCUT2D eigenvalue weighted by Crippen LogP contribution is 2.29. The van der Waals surface area contributed by atoms with Crippen LogP contribution >= 0.6 is 11.6 Å². The third-order valence-electron chi connectivity index (χ3n) is 2.36. The van der Waals surface area contributed by atoms with E-state index >= 15 is 0 Å². The summed E-state index contributed by atoms with van der Waals surface area (Å²) in [6.07, 6.45) is 2.65. The number of hydrogen-bond acceptors (Lipinski definition) is 3. The van der Waals surface area contributed by atoms with Gasteiger partial charge in [0.1, 0.15) is 12.4 Å². The van der Waals surface area contributed by atoms with E-state index in [2.05, 4.69) is 23.2 Å². The molecule has 1 N–H and O–H groups in total. The molecule has 1 rings (SSSR count). The maximum Gasteiger partial charge on any atom is 0.407 e. The number of ether oxygens (including phenoxy) is 2. The number of benzene rings is 1. The molecular formula is C14H16ClNO3. The van der Waals surface area contributed by atoms with Gasteiger partial charge in [-0.25, -0.2) is 4.79 Å². The fourth-order valence-electron chi connectivity index (χ4n) is 1.49. The molecule has 19 heavy (non-hydrogen) atoms. The van der Waals surface area contributed by atoms with Crippen molar-refractivity contribution in [2.24, 2.45) is 0 Å². The average molecular weight is 282 g/mol. The number of rotatable bonds is 6. The molecule has 0 saturated heterocycles. The third kappa shape index (κ3) is 4.34. The Morgan fingerprint density at radius 1 is 1.53 bits per heavy atom. The number of methoxy groups -OCH3 is 1. The average Bonchev–Trinajstić information content (AvgIpc) is 2.43. The van der Waals surface area contributed by atoms with E-state index in [1.165, 1.54) is 7.11 Å². The lowest BCUT2D eigenvalue weighted by Gasteiger charge is -2.18. The van der Waals surface area contributed by atoms with Gasteiger partial charge in [0.05, 0.1) is 13.2 Å². The summed E-state index contributed by atoms with van der Waals surface area (Å²) in [7, 11) is 1.29. The lowest BCUT2D eigenvalue weighted by Crippen LogP contribution is -2.27. The Bertz CT molecular complexity index is 474. The van der Waals surface area contributed by atoms with Gasteiger partial charge in [0, 0.05) is 10.6 Å². The van der Waals surface area contributed by atoms with E-state index < -0.39 is 12.1 Å². The van der Waals surface area contributed by atoms with Crippen LogP contribution in [0, 0.1) is 0 Å². The van der Waals surface area contributed by atoms with Crippen LogP contribution in [0.2, 0.25) is 5.02 Å². The van der Waals surface area contributed by atoms with Crippen LogP contribution < -0.4 is 10.1 Å². The fraction of sp³-hybridized carbons (Fsp3) is 0.214. The van der Waals surface area contributed by atoms with Gasteiger partial charge in [-0.1, -0.05) is 30.3 Å². The number of carbonyl (C=O) groups is 1. The molecule has 102 valence electrons. The van der Waals surface area contributed by atoms with Gasteiger partial charge in [0.2, 0.25) is 0 Å². The topological polar surface area (TPSA) is 47.6 Å². The predicted molar refractivity (Wildman–Crippen MR) is 75.6 cm³/mol. The van der Waals surface area contributed by atoms with E-state index in [-0.39, 0.29) is 0 Å². The Balaban J connectivity index is 3.05. The molecular weight excluding hydrogens is 266 g/mol. The van der Waals surface area contributed by atoms with Crippen molar-refractivity contribution in [3.8, 4) is 5.75 Å². The molecule has 0 heterocycles. The largest absolute Gasteiger partial charge is 0.489 e. The molecule has 0 bridgehead atoms. The third-order valence-corrected chi connectivity index (χ3v) is 2.59.